The molecule has 0 bridgehead atoms. The summed E-state index contributed by atoms with van der Waals surface area (Å²) in [5.74, 6) is 0. The first-order chi connectivity index (χ1) is 15.1. The molecule has 0 nitrogen and oxygen atoms in total. The van der Waals surface area contributed by atoms with E-state index in [-0.39, 0.29) is 24.8 Å². The van der Waals surface area contributed by atoms with Crippen molar-refractivity contribution in [2.75, 3.05) is 0 Å². The summed E-state index contributed by atoms with van der Waals surface area (Å²) in [5.41, 5.74) is 11.0. The zero-order valence-electron chi connectivity index (χ0n) is 21.7. The molecule has 4 aromatic carbocycles. The van der Waals surface area contributed by atoms with Gasteiger partial charge in [0.05, 0.1) is 0 Å². The van der Waals surface area contributed by atoms with Crippen LogP contribution in [-0.4, -0.2) is 5.43 Å². The number of benzene rings is 2. The Morgan fingerprint density at radius 2 is 0.853 bits per heavy atom. The molecule has 0 radical (unpaired) electrons. The third-order valence-corrected chi connectivity index (χ3v) is 12.6. The molecule has 0 saturated heterocycles. The fraction of sp³-hybridized carbons (Fsp3) is 0.267. The van der Waals surface area contributed by atoms with E-state index < -0.39 is 5.43 Å². The molecule has 180 valence electrons. The van der Waals surface area contributed by atoms with Crippen LogP contribution in [0.5, 0.6) is 0 Å². The molecule has 0 saturated carbocycles. The molecule has 0 amide bonds. The Balaban J connectivity index is 0.000000485. The summed E-state index contributed by atoms with van der Waals surface area (Å²) < 4.78 is 0. The maximum absolute atomic E-state index is 2.25. The van der Waals surface area contributed by atoms with Crippen LogP contribution in [0.2, 0.25) is 0 Å². The second-order valence-corrected chi connectivity index (χ2v) is 14.2. The average Bonchev–Trinajstić information content (AvgIpc) is 3.17. The number of hydrogen-bond donors (Lipinski definition) is 0. The molecule has 4 rings (SSSR count). The van der Waals surface area contributed by atoms with Gasteiger partial charge in [0.1, 0.15) is 0 Å². The molecule has 0 aliphatic rings. The number of aryl methyl sites for hydroxylation is 4. The fourth-order valence-electron chi connectivity index (χ4n) is 3.64. The van der Waals surface area contributed by atoms with Crippen LogP contribution >= 0.6 is 0 Å². The third-order valence-electron chi connectivity index (χ3n) is 6.48. The van der Waals surface area contributed by atoms with Crippen molar-refractivity contribution in [1.29, 1.82) is 0 Å². The standard InChI is InChI=1S/C12H10Si.2C9H13.2ClH.Zr/c1-3-7-11(8-4-1)13-12-9-5-2-6-10-12;2*1-6-5-7(2)9(4)8(6)3;;;/h1-10H;2*5H,1-4H3;2*1H;/q;2*-1;;;+2/p-2. The van der Waals surface area contributed by atoms with Gasteiger partial charge >= 0.3 is 99.8 Å². The van der Waals surface area contributed by atoms with Crippen LogP contribution in [0.3, 0.4) is 0 Å². The molecule has 0 N–H and O–H groups in total. The third kappa shape index (κ3) is 9.12. The predicted octanol–water partition coefficient (Wildman–Crippen LogP) is 0.625. The van der Waals surface area contributed by atoms with E-state index in [1.54, 1.807) is 23.3 Å². The van der Waals surface area contributed by atoms with Gasteiger partial charge < -0.3 is 24.8 Å². The molecule has 0 atom stereocenters. The van der Waals surface area contributed by atoms with Crippen molar-refractivity contribution in [3.8, 4) is 0 Å². The molecular weight excluding hydrogens is 551 g/mol. The van der Waals surface area contributed by atoms with Gasteiger partial charge in [-0.05, 0) is 0 Å². The van der Waals surface area contributed by atoms with Gasteiger partial charge in [-0.1, -0.05) is 55.4 Å². The number of rotatable bonds is 2. The first kappa shape index (κ1) is 32.8. The van der Waals surface area contributed by atoms with Crippen molar-refractivity contribution in [2.24, 2.45) is 0 Å². The number of hydrogen-bond acceptors (Lipinski definition) is 0. The molecular formula is C30H36Cl2SiZr-2. The Morgan fingerprint density at radius 1 is 0.559 bits per heavy atom. The van der Waals surface area contributed by atoms with Gasteiger partial charge in [0.2, 0.25) is 0 Å². The first-order valence-electron chi connectivity index (χ1n) is 11.2. The Morgan fingerprint density at radius 3 is 1.03 bits per heavy atom. The first-order valence-corrected chi connectivity index (χ1v) is 16.4. The fourth-order valence-corrected chi connectivity index (χ4v) is 7.48. The van der Waals surface area contributed by atoms with Crippen molar-refractivity contribution in [3.05, 3.63) is 117 Å². The molecule has 4 heteroatoms. The van der Waals surface area contributed by atoms with E-state index in [4.69, 9.17) is 0 Å². The quantitative estimate of drug-likeness (QED) is 0.239. The Labute approximate surface area is 235 Å². The van der Waals surface area contributed by atoms with Crippen LogP contribution in [0, 0.1) is 55.4 Å². The molecule has 0 aromatic heterocycles. The van der Waals surface area contributed by atoms with Crippen molar-refractivity contribution in [1.82, 2.24) is 0 Å². The van der Waals surface area contributed by atoms with Crippen LogP contribution in [0.25, 0.3) is 0 Å². The van der Waals surface area contributed by atoms with Gasteiger partial charge in [-0.25, -0.2) is 0 Å². The van der Waals surface area contributed by atoms with Crippen LogP contribution in [0.1, 0.15) is 44.5 Å². The van der Waals surface area contributed by atoms with Crippen molar-refractivity contribution in [2.45, 2.75) is 55.4 Å². The van der Waals surface area contributed by atoms with E-state index in [0.29, 0.717) is 0 Å². The summed E-state index contributed by atoms with van der Waals surface area (Å²) in [7, 11) is 0. The van der Waals surface area contributed by atoms with Gasteiger partial charge in [-0.3, -0.25) is 0 Å². The monoisotopic (exact) mass is 584 g/mol. The van der Waals surface area contributed by atoms with E-state index >= 15 is 0 Å². The van der Waals surface area contributed by atoms with E-state index in [9.17, 15) is 0 Å². The van der Waals surface area contributed by atoms with E-state index in [0.717, 1.165) is 0 Å². The second-order valence-electron chi connectivity index (χ2n) is 8.63. The summed E-state index contributed by atoms with van der Waals surface area (Å²) in [6, 6.07) is 26.2. The summed E-state index contributed by atoms with van der Waals surface area (Å²) in [4.78, 5) is 0. The Bertz CT molecular complexity index is 1020. The molecule has 0 heterocycles. The zero-order valence-corrected chi connectivity index (χ0v) is 26.7. The Kier molecular flexibility index (Phi) is 15.2. The summed E-state index contributed by atoms with van der Waals surface area (Å²) >= 11 is 1.64. The molecule has 34 heavy (non-hydrogen) atoms. The predicted molar refractivity (Wildman–Crippen MR) is 140 cm³/mol. The minimum atomic E-state index is -0.455. The van der Waals surface area contributed by atoms with Crippen LogP contribution in [0.15, 0.2) is 72.8 Å². The molecule has 0 spiro atoms. The van der Waals surface area contributed by atoms with Crippen molar-refractivity contribution < 1.29 is 48.1 Å². The zero-order chi connectivity index (χ0) is 23.8. The van der Waals surface area contributed by atoms with Gasteiger partial charge in [-0.15, -0.1) is 0 Å². The summed E-state index contributed by atoms with van der Waals surface area (Å²) in [6.07, 6.45) is 0. The van der Waals surface area contributed by atoms with Crippen LogP contribution < -0.4 is 35.2 Å². The van der Waals surface area contributed by atoms with Gasteiger partial charge in [0, 0.05) is 0 Å². The molecule has 0 aliphatic carbocycles. The maximum atomic E-state index is 2.25. The van der Waals surface area contributed by atoms with E-state index in [2.05, 4.69) is 128 Å². The van der Waals surface area contributed by atoms with Crippen molar-refractivity contribution in [3.63, 3.8) is 0 Å². The normalized spacial score (nSPS) is 9.47. The van der Waals surface area contributed by atoms with E-state index in [1.807, 2.05) is 0 Å². The summed E-state index contributed by atoms with van der Waals surface area (Å²) in [5, 5.41) is 3.03. The topological polar surface area (TPSA) is 0 Å². The SMILES string of the molecule is Cc1c[c-](C)c(C)c1C.Cc1c[c-](C)c(C)c1C.[Cl-].[Cl-].[Zr+2]=[Si](c1ccccc1)c1ccccc1. The minimum absolute atomic E-state index is 0. The molecule has 0 fully saturated rings. The molecule has 4 aromatic rings. The van der Waals surface area contributed by atoms with Crippen LogP contribution in [0.4, 0.5) is 0 Å². The average molecular weight is 587 g/mol. The Hall–Kier alpha value is -1.18. The van der Waals surface area contributed by atoms with Crippen molar-refractivity contribution >= 4 is 15.8 Å². The van der Waals surface area contributed by atoms with E-state index in [1.165, 1.54) is 54.9 Å². The summed E-state index contributed by atoms with van der Waals surface area (Å²) in [6.45, 7) is 17.4. The van der Waals surface area contributed by atoms with Crippen LogP contribution in [-0.2, 0) is 23.3 Å². The number of halogens is 2. The molecule has 0 unspecified atom stereocenters. The molecule has 0 aliphatic heterocycles. The van der Waals surface area contributed by atoms with Gasteiger partial charge in [0.25, 0.3) is 0 Å². The van der Waals surface area contributed by atoms with Gasteiger partial charge in [-0.2, -0.15) is 56.6 Å². The van der Waals surface area contributed by atoms with Gasteiger partial charge in [0.15, 0.2) is 0 Å². The second kappa shape index (κ2) is 15.7.